The van der Waals surface area contributed by atoms with Gasteiger partial charge in [0.1, 0.15) is 28.1 Å². The van der Waals surface area contributed by atoms with Gasteiger partial charge in [-0.3, -0.25) is 4.57 Å². The van der Waals surface area contributed by atoms with E-state index >= 15 is 0 Å². The van der Waals surface area contributed by atoms with E-state index < -0.39 is 0 Å². The smallest absolute Gasteiger partial charge is 0.162 e. The molecule has 0 bridgehead atoms. The highest BCUT2D eigenvalue weighted by atomic mass is 16.3. The molecule has 0 fully saturated rings. The summed E-state index contributed by atoms with van der Waals surface area (Å²) in [7, 11) is 0. The van der Waals surface area contributed by atoms with Crippen LogP contribution in [0.4, 0.5) is 0 Å². The maximum atomic E-state index is 6.51. The van der Waals surface area contributed by atoms with Gasteiger partial charge in [-0.25, -0.2) is 9.97 Å². The van der Waals surface area contributed by atoms with Crippen LogP contribution in [-0.2, 0) is 0 Å². The molecule has 330 valence electrons. The number of aromatic nitrogens is 3. The van der Waals surface area contributed by atoms with Crippen LogP contribution < -0.4 is 0 Å². The second kappa shape index (κ2) is 15.5. The first-order chi connectivity index (χ1) is 35.2. The predicted octanol–water partition coefficient (Wildman–Crippen LogP) is 18.0. The number of hydrogen-bond donors (Lipinski definition) is 0. The minimum Gasteiger partial charge on any atom is -0.456 e. The standard InChI is InChI=1S/C66H39N3O2/c1-2-16-40(17-3-1)66-67-57(45-34-35-52-50-24-8-10-32-58(50)70-60(52)38-45)39-61(68-66)69-63-46(28-14-31-56(63)62-53-26-6-4-22-48(53)49-23-5-7-27-54(49)64(62)69)43-20-12-18-41(36-43)42-19-13-21-44(37-42)47-29-15-30-55-51-25-9-11-33-59(51)71-65(47)55/h1-39H. The van der Waals surface area contributed by atoms with E-state index in [4.69, 9.17) is 18.8 Å². The number of fused-ring (bicyclic) bond motifs is 14. The van der Waals surface area contributed by atoms with Gasteiger partial charge in [0.2, 0.25) is 0 Å². The van der Waals surface area contributed by atoms with Crippen molar-refractivity contribution in [3.63, 3.8) is 0 Å². The van der Waals surface area contributed by atoms with Gasteiger partial charge < -0.3 is 8.83 Å². The molecule has 15 rings (SSSR count). The highest BCUT2D eigenvalue weighted by Gasteiger charge is 2.24. The molecule has 71 heavy (non-hydrogen) atoms. The van der Waals surface area contributed by atoms with Crippen molar-refractivity contribution >= 4 is 87.2 Å². The van der Waals surface area contributed by atoms with Crippen molar-refractivity contribution in [3.05, 3.63) is 237 Å². The summed E-state index contributed by atoms with van der Waals surface area (Å²) in [6.07, 6.45) is 0. The molecule has 0 N–H and O–H groups in total. The molecule has 0 spiro atoms. The molecule has 0 amide bonds. The van der Waals surface area contributed by atoms with Crippen molar-refractivity contribution in [1.82, 2.24) is 14.5 Å². The number of furan rings is 2. The van der Waals surface area contributed by atoms with Gasteiger partial charge in [-0.1, -0.05) is 194 Å². The summed E-state index contributed by atoms with van der Waals surface area (Å²) >= 11 is 0. The Morgan fingerprint density at radius 3 is 1.59 bits per heavy atom. The second-order valence-electron chi connectivity index (χ2n) is 18.4. The molecular weight excluding hydrogens is 867 g/mol. The molecule has 0 saturated carbocycles. The van der Waals surface area contributed by atoms with Gasteiger partial charge in [0.05, 0.1) is 16.7 Å². The first-order valence-electron chi connectivity index (χ1n) is 24.0. The van der Waals surface area contributed by atoms with Gasteiger partial charge in [0, 0.05) is 66.0 Å². The zero-order chi connectivity index (χ0) is 46.6. The highest BCUT2D eigenvalue weighted by Crippen LogP contribution is 2.46. The van der Waals surface area contributed by atoms with E-state index in [0.29, 0.717) is 5.82 Å². The zero-order valence-electron chi connectivity index (χ0n) is 38.2. The summed E-state index contributed by atoms with van der Waals surface area (Å²) in [5.41, 5.74) is 14.9. The average molecular weight is 906 g/mol. The maximum absolute atomic E-state index is 6.51. The molecule has 0 saturated heterocycles. The molecule has 15 aromatic rings. The molecule has 0 aliphatic carbocycles. The van der Waals surface area contributed by atoms with Crippen molar-refractivity contribution in [3.8, 4) is 61.8 Å². The van der Waals surface area contributed by atoms with Crippen LogP contribution in [0.2, 0.25) is 0 Å². The van der Waals surface area contributed by atoms with Crippen LogP contribution in [0.1, 0.15) is 0 Å². The van der Waals surface area contributed by atoms with Crippen molar-refractivity contribution in [2.24, 2.45) is 0 Å². The predicted molar refractivity (Wildman–Crippen MR) is 293 cm³/mol. The number of hydrogen-bond acceptors (Lipinski definition) is 4. The molecule has 0 radical (unpaired) electrons. The molecule has 11 aromatic carbocycles. The van der Waals surface area contributed by atoms with Crippen LogP contribution in [0.3, 0.4) is 0 Å². The van der Waals surface area contributed by atoms with E-state index in [1.165, 1.54) is 21.5 Å². The van der Waals surface area contributed by atoms with Crippen molar-refractivity contribution in [1.29, 1.82) is 0 Å². The Kier molecular flexibility index (Phi) is 8.59. The van der Waals surface area contributed by atoms with Crippen molar-refractivity contribution in [2.45, 2.75) is 0 Å². The van der Waals surface area contributed by atoms with E-state index in [0.717, 1.165) is 122 Å². The van der Waals surface area contributed by atoms with E-state index in [1.54, 1.807) is 0 Å². The number of rotatable bonds is 6. The van der Waals surface area contributed by atoms with Gasteiger partial charge in [-0.05, 0) is 74.8 Å². The third-order valence-corrected chi connectivity index (χ3v) is 14.4. The fraction of sp³-hybridized carbons (Fsp3) is 0. The normalized spacial score (nSPS) is 11.9. The number of nitrogens with zero attached hydrogens (tertiary/aromatic N) is 3. The summed E-state index contributed by atoms with van der Waals surface area (Å²) in [4.78, 5) is 10.9. The maximum Gasteiger partial charge on any atom is 0.162 e. The van der Waals surface area contributed by atoms with E-state index in [9.17, 15) is 0 Å². The fourth-order valence-corrected chi connectivity index (χ4v) is 11.2. The van der Waals surface area contributed by atoms with Gasteiger partial charge >= 0.3 is 0 Å². The van der Waals surface area contributed by atoms with Crippen LogP contribution in [0.25, 0.3) is 149 Å². The Labute approximate surface area is 407 Å². The van der Waals surface area contributed by atoms with Crippen LogP contribution in [-0.4, -0.2) is 14.5 Å². The Morgan fingerprint density at radius 1 is 0.296 bits per heavy atom. The summed E-state index contributed by atoms with van der Waals surface area (Å²) in [5.74, 6) is 1.41. The molecule has 0 atom stereocenters. The molecule has 5 heteroatoms. The molecule has 0 aliphatic rings. The van der Waals surface area contributed by atoms with Gasteiger partial charge in [0.15, 0.2) is 5.82 Å². The van der Waals surface area contributed by atoms with E-state index in [1.807, 2.05) is 42.5 Å². The van der Waals surface area contributed by atoms with Crippen LogP contribution >= 0.6 is 0 Å². The van der Waals surface area contributed by atoms with Gasteiger partial charge in [-0.2, -0.15) is 0 Å². The van der Waals surface area contributed by atoms with Crippen LogP contribution in [0.15, 0.2) is 245 Å². The Hall–Kier alpha value is -9.58. The van der Waals surface area contributed by atoms with E-state index in [2.05, 4.69) is 199 Å². The summed E-state index contributed by atoms with van der Waals surface area (Å²) in [5, 5.41) is 11.5. The highest BCUT2D eigenvalue weighted by molar-refractivity contribution is 6.33. The third-order valence-electron chi connectivity index (χ3n) is 14.4. The summed E-state index contributed by atoms with van der Waals surface area (Å²) < 4.78 is 15.4. The van der Waals surface area contributed by atoms with E-state index in [-0.39, 0.29) is 0 Å². The van der Waals surface area contributed by atoms with Gasteiger partial charge in [-0.15, -0.1) is 0 Å². The lowest BCUT2D eigenvalue weighted by molar-refractivity contribution is 0.669. The second-order valence-corrected chi connectivity index (χ2v) is 18.4. The lowest BCUT2D eigenvalue weighted by atomic mass is 9.94. The van der Waals surface area contributed by atoms with Crippen molar-refractivity contribution in [2.75, 3.05) is 0 Å². The minimum absolute atomic E-state index is 0.639. The topological polar surface area (TPSA) is 57.0 Å². The van der Waals surface area contributed by atoms with Gasteiger partial charge in [0.25, 0.3) is 0 Å². The Bertz CT molecular complexity index is 4650. The first-order valence-corrected chi connectivity index (χ1v) is 24.0. The minimum atomic E-state index is 0.639. The lowest BCUT2D eigenvalue weighted by Gasteiger charge is -2.15. The Balaban J connectivity index is 0.985. The van der Waals surface area contributed by atoms with Crippen LogP contribution in [0.5, 0.6) is 0 Å². The van der Waals surface area contributed by atoms with Crippen LogP contribution in [0, 0.1) is 0 Å². The largest absolute Gasteiger partial charge is 0.456 e. The monoisotopic (exact) mass is 905 g/mol. The summed E-state index contributed by atoms with van der Waals surface area (Å²) in [6.45, 7) is 0. The quantitative estimate of drug-likeness (QED) is 0.156. The molecular formula is C66H39N3O2. The first kappa shape index (κ1) is 39.4. The summed E-state index contributed by atoms with van der Waals surface area (Å²) in [6, 6.07) is 83.9. The Morgan fingerprint density at radius 2 is 0.831 bits per heavy atom. The molecule has 0 aliphatic heterocycles. The number of benzene rings is 11. The van der Waals surface area contributed by atoms with Crippen molar-refractivity contribution < 1.29 is 8.83 Å². The molecule has 5 nitrogen and oxygen atoms in total. The number of para-hydroxylation sites is 4. The molecule has 4 heterocycles. The SMILES string of the molecule is c1ccc(-c2nc(-c3ccc4c(c3)oc3ccccc34)cc(-n3c4c(-c5cccc(-c6cccc(-c7cccc8c7oc7ccccc78)c6)c5)cccc4c4c5ccccc5c5ccccc5c43)n2)cc1. The lowest BCUT2D eigenvalue weighted by Crippen LogP contribution is -2.03. The average Bonchev–Trinajstić information content (AvgIpc) is 4.14. The molecule has 4 aromatic heterocycles. The third kappa shape index (κ3) is 6.13. The molecule has 0 unspecified atom stereocenters. The zero-order valence-corrected chi connectivity index (χ0v) is 38.2. The fourth-order valence-electron chi connectivity index (χ4n) is 11.2.